The first-order valence-corrected chi connectivity index (χ1v) is 10.7. The first-order chi connectivity index (χ1) is 13.3. The van der Waals surface area contributed by atoms with Gasteiger partial charge in [0.05, 0.1) is 7.11 Å². The van der Waals surface area contributed by atoms with Crippen molar-refractivity contribution >= 4 is 11.9 Å². The molecular formula is C23H36NO4+. The van der Waals surface area contributed by atoms with Gasteiger partial charge in [-0.2, -0.15) is 4.57 Å². The second-order valence-electron chi connectivity index (χ2n) is 8.74. The van der Waals surface area contributed by atoms with Gasteiger partial charge >= 0.3 is 11.9 Å². The molecule has 0 radical (unpaired) electrons. The molecule has 0 saturated heterocycles. The summed E-state index contributed by atoms with van der Waals surface area (Å²) in [7, 11) is 1.41. The van der Waals surface area contributed by atoms with Crippen molar-refractivity contribution in [2.45, 2.75) is 97.1 Å². The number of methoxy groups -OCH3 is 1. The maximum Gasteiger partial charge on any atom is 0.373 e. The second kappa shape index (κ2) is 10.6. The van der Waals surface area contributed by atoms with Gasteiger partial charge in [-0.05, 0) is 46.1 Å². The van der Waals surface area contributed by atoms with Crippen molar-refractivity contribution in [1.29, 1.82) is 0 Å². The number of nitrogens with zero attached hydrogens (tertiary/aromatic N) is 1. The molecule has 2 heterocycles. The summed E-state index contributed by atoms with van der Waals surface area (Å²) >= 11 is 0. The minimum absolute atomic E-state index is 0.116. The Hall–Kier alpha value is -1.91. The standard InChI is InChI=1S/C23H36NO4/c1-23(2,3)28-21(25)17-24-16-18-13-11-9-7-5-6-8-10-12-14-20(24)19(15-18)22(26)27-4/h15-16H,5-14,17H2,1-4H3/q+1. The highest BCUT2D eigenvalue weighted by Crippen LogP contribution is 2.18. The molecule has 5 nitrogen and oxygen atoms in total. The minimum Gasteiger partial charge on any atom is -0.465 e. The highest BCUT2D eigenvalue weighted by molar-refractivity contribution is 5.90. The van der Waals surface area contributed by atoms with E-state index in [2.05, 4.69) is 0 Å². The van der Waals surface area contributed by atoms with E-state index >= 15 is 0 Å². The largest absolute Gasteiger partial charge is 0.465 e. The van der Waals surface area contributed by atoms with Crippen LogP contribution in [0.3, 0.4) is 0 Å². The van der Waals surface area contributed by atoms with E-state index in [9.17, 15) is 9.59 Å². The molecule has 0 saturated carbocycles. The van der Waals surface area contributed by atoms with Crippen LogP contribution >= 0.6 is 0 Å². The van der Waals surface area contributed by atoms with E-state index in [4.69, 9.17) is 9.47 Å². The van der Waals surface area contributed by atoms with Crippen molar-refractivity contribution in [3.05, 3.63) is 29.1 Å². The molecule has 2 aliphatic rings. The van der Waals surface area contributed by atoms with Crippen LogP contribution in [0.1, 0.15) is 93.8 Å². The summed E-state index contributed by atoms with van der Waals surface area (Å²) in [5.41, 5.74) is 2.00. The number of carbonyl (C=O) groups excluding carboxylic acids is 2. The van der Waals surface area contributed by atoms with Crippen LogP contribution in [0.25, 0.3) is 0 Å². The Labute approximate surface area is 169 Å². The van der Waals surface area contributed by atoms with Crippen LogP contribution in [-0.2, 0) is 33.7 Å². The Balaban J connectivity index is 2.38. The zero-order valence-corrected chi connectivity index (χ0v) is 18.0. The van der Waals surface area contributed by atoms with Crippen molar-refractivity contribution in [1.82, 2.24) is 0 Å². The van der Waals surface area contributed by atoms with Crippen LogP contribution in [0, 0.1) is 0 Å². The molecule has 0 atom stereocenters. The van der Waals surface area contributed by atoms with Crippen molar-refractivity contribution < 1.29 is 23.6 Å². The topological polar surface area (TPSA) is 56.5 Å². The Morgan fingerprint density at radius 2 is 1.54 bits per heavy atom. The van der Waals surface area contributed by atoms with Crippen LogP contribution in [0.4, 0.5) is 0 Å². The molecule has 0 N–H and O–H groups in total. The first kappa shape index (κ1) is 22.4. The lowest BCUT2D eigenvalue weighted by atomic mass is 9.99. The van der Waals surface area contributed by atoms with Gasteiger partial charge in [0.1, 0.15) is 11.2 Å². The van der Waals surface area contributed by atoms with E-state index in [-0.39, 0.29) is 18.5 Å². The monoisotopic (exact) mass is 390 g/mol. The normalized spacial score (nSPS) is 16.3. The summed E-state index contributed by atoms with van der Waals surface area (Å²) in [4.78, 5) is 25.0. The Morgan fingerprint density at radius 3 is 2.11 bits per heavy atom. The molecule has 0 fully saturated rings. The molecule has 1 aromatic rings. The van der Waals surface area contributed by atoms with Crippen LogP contribution in [0.5, 0.6) is 0 Å². The average Bonchev–Trinajstić information content (AvgIpc) is 2.61. The number of hydrogen-bond acceptors (Lipinski definition) is 4. The second-order valence-corrected chi connectivity index (χ2v) is 8.74. The maximum atomic E-state index is 12.5. The maximum absolute atomic E-state index is 12.5. The van der Waals surface area contributed by atoms with E-state index in [0.29, 0.717) is 5.56 Å². The van der Waals surface area contributed by atoms with Gasteiger partial charge in [0.15, 0.2) is 11.9 Å². The summed E-state index contributed by atoms with van der Waals surface area (Å²) in [5.74, 6) is -0.616. The zero-order chi connectivity index (χ0) is 20.6. The molecular weight excluding hydrogens is 354 g/mol. The molecule has 0 spiro atoms. The van der Waals surface area contributed by atoms with Crippen LogP contribution < -0.4 is 4.57 Å². The van der Waals surface area contributed by atoms with Crippen LogP contribution in [-0.4, -0.2) is 24.6 Å². The third-order valence-corrected chi connectivity index (χ3v) is 5.06. The summed E-state index contributed by atoms with van der Waals surface area (Å²) in [6.45, 7) is 5.71. The molecule has 1 aromatic heterocycles. The van der Waals surface area contributed by atoms with Crippen molar-refractivity contribution in [2.75, 3.05) is 7.11 Å². The fraction of sp³-hybridized carbons (Fsp3) is 0.696. The quantitative estimate of drug-likeness (QED) is 0.570. The highest BCUT2D eigenvalue weighted by atomic mass is 16.6. The van der Waals surface area contributed by atoms with Gasteiger partial charge in [-0.25, -0.2) is 9.59 Å². The van der Waals surface area contributed by atoms with Crippen molar-refractivity contribution in [3.63, 3.8) is 0 Å². The molecule has 0 unspecified atom stereocenters. The zero-order valence-electron chi connectivity index (χ0n) is 18.0. The Bertz CT molecular complexity index is 676. The van der Waals surface area contributed by atoms with Gasteiger partial charge in [-0.15, -0.1) is 0 Å². The SMILES string of the molecule is COC(=O)c1cc2c[n+](CC(=O)OC(C)(C)C)c1CCCCCCCCCC2. The summed E-state index contributed by atoms with van der Waals surface area (Å²) < 4.78 is 12.5. The van der Waals surface area contributed by atoms with Gasteiger partial charge in [-0.3, -0.25) is 0 Å². The Kier molecular flexibility index (Phi) is 8.46. The third-order valence-electron chi connectivity index (χ3n) is 5.06. The lowest BCUT2D eigenvalue weighted by Crippen LogP contribution is -2.45. The molecule has 1 aliphatic heterocycles. The molecule has 5 heteroatoms. The van der Waals surface area contributed by atoms with E-state index in [1.165, 1.54) is 39.2 Å². The van der Waals surface area contributed by atoms with Gasteiger partial charge in [0.25, 0.3) is 0 Å². The summed E-state index contributed by atoms with van der Waals surface area (Å²) in [5, 5.41) is 0. The van der Waals surface area contributed by atoms with E-state index in [0.717, 1.165) is 43.4 Å². The first-order valence-electron chi connectivity index (χ1n) is 10.7. The van der Waals surface area contributed by atoms with E-state index in [1.54, 1.807) is 0 Å². The van der Waals surface area contributed by atoms with E-state index < -0.39 is 5.60 Å². The number of aryl methyl sites for hydroxylation is 1. The molecule has 0 aromatic carbocycles. The van der Waals surface area contributed by atoms with Crippen LogP contribution in [0.15, 0.2) is 12.3 Å². The predicted molar refractivity (Wildman–Crippen MR) is 108 cm³/mol. The lowest BCUT2D eigenvalue weighted by molar-refractivity contribution is -0.694. The lowest BCUT2D eigenvalue weighted by Gasteiger charge is -2.19. The molecule has 28 heavy (non-hydrogen) atoms. The number of carbonyl (C=O) groups is 2. The number of pyridine rings is 1. The molecule has 156 valence electrons. The van der Waals surface area contributed by atoms with Gasteiger partial charge in [0, 0.05) is 12.0 Å². The molecule has 2 bridgehead atoms. The minimum atomic E-state index is -0.530. The number of rotatable bonds is 3. The van der Waals surface area contributed by atoms with Gasteiger partial charge in [0.2, 0.25) is 6.54 Å². The number of hydrogen-bond donors (Lipinski definition) is 0. The third kappa shape index (κ3) is 7.25. The summed E-state index contributed by atoms with van der Waals surface area (Å²) in [6, 6.07) is 1.96. The molecule has 0 amide bonds. The number of aromatic nitrogens is 1. The van der Waals surface area contributed by atoms with E-state index in [1.807, 2.05) is 37.6 Å². The fourth-order valence-electron chi connectivity index (χ4n) is 3.78. The van der Waals surface area contributed by atoms with Crippen molar-refractivity contribution in [2.24, 2.45) is 0 Å². The van der Waals surface area contributed by atoms with Gasteiger partial charge < -0.3 is 9.47 Å². The average molecular weight is 391 g/mol. The molecule has 1 aliphatic carbocycles. The Morgan fingerprint density at radius 1 is 0.964 bits per heavy atom. The van der Waals surface area contributed by atoms with Gasteiger partial charge in [-0.1, -0.05) is 38.5 Å². The fourth-order valence-corrected chi connectivity index (χ4v) is 3.78. The number of esters is 2. The van der Waals surface area contributed by atoms with Crippen LogP contribution in [0.2, 0.25) is 0 Å². The number of fused-ring (bicyclic) bond motifs is 11. The predicted octanol–water partition coefficient (Wildman–Crippen LogP) is 4.32. The highest BCUT2D eigenvalue weighted by Gasteiger charge is 2.27. The summed E-state index contributed by atoms with van der Waals surface area (Å²) in [6.07, 6.45) is 13.2. The number of ether oxygens (including phenoxy) is 2. The van der Waals surface area contributed by atoms with Crippen molar-refractivity contribution in [3.8, 4) is 0 Å². The smallest absolute Gasteiger partial charge is 0.373 e. The molecule has 3 rings (SSSR count).